The molecule has 1 aliphatic rings. The Morgan fingerprint density at radius 1 is 1.07 bits per heavy atom. The molecule has 3 amide bonds. The second-order valence-electron chi connectivity index (χ2n) is 8.98. The van der Waals surface area contributed by atoms with Gasteiger partial charge in [-0.15, -0.1) is 0 Å². The van der Waals surface area contributed by atoms with Crippen LogP contribution in [0.5, 0.6) is 5.75 Å². The molecule has 0 saturated carbocycles. The number of pyridine rings is 1. The first-order valence-electron chi connectivity index (χ1n) is 12.2. The van der Waals surface area contributed by atoms with Crippen LogP contribution in [-0.4, -0.2) is 74.9 Å². The summed E-state index contributed by atoms with van der Waals surface area (Å²) < 4.78 is 5.20. The number of non-ortho nitro benzene ring substituents is 1. The molecule has 0 aliphatic carbocycles. The van der Waals surface area contributed by atoms with Gasteiger partial charge in [-0.1, -0.05) is 29.8 Å². The summed E-state index contributed by atoms with van der Waals surface area (Å²) >= 11 is 5.85. The molecule has 2 heterocycles. The number of nitro benzene ring substituents is 1. The second kappa shape index (κ2) is 12.4. The topological polar surface area (TPSA) is 172 Å². The summed E-state index contributed by atoms with van der Waals surface area (Å²) in [6, 6.07) is 13.1. The van der Waals surface area contributed by atoms with Crippen LogP contribution >= 0.6 is 11.6 Å². The Bertz CT molecular complexity index is 1500. The number of nitrogens with one attached hydrogen (secondary N) is 1. The summed E-state index contributed by atoms with van der Waals surface area (Å²) in [5, 5.41) is 23.5. The molecule has 14 heteroatoms. The van der Waals surface area contributed by atoms with Crippen LogP contribution in [0.4, 0.5) is 5.69 Å². The number of methoxy groups -OCH3 is 1. The van der Waals surface area contributed by atoms with E-state index in [1.54, 1.807) is 12.1 Å². The number of nitro groups is 1. The van der Waals surface area contributed by atoms with E-state index in [1.807, 2.05) is 0 Å². The number of carbonyl (C=O) groups excluding carboxylic acids is 3. The van der Waals surface area contributed by atoms with E-state index in [2.05, 4.69) is 10.3 Å². The Kier molecular flexibility index (Phi) is 8.78. The van der Waals surface area contributed by atoms with Gasteiger partial charge in [0, 0.05) is 37.0 Å². The van der Waals surface area contributed by atoms with Crippen LogP contribution in [-0.2, 0) is 9.59 Å². The normalized spacial score (nSPS) is 15.2. The molecule has 212 valence electrons. The van der Waals surface area contributed by atoms with Gasteiger partial charge in [-0.25, -0.2) is 4.98 Å². The van der Waals surface area contributed by atoms with E-state index in [9.17, 15) is 34.4 Å². The molecule has 41 heavy (non-hydrogen) atoms. The van der Waals surface area contributed by atoms with Crippen LogP contribution in [0.15, 0.2) is 66.9 Å². The Hall–Kier alpha value is -5.04. The molecule has 2 atom stereocenters. The maximum absolute atomic E-state index is 13.8. The Morgan fingerprint density at radius 2 is 1.76 bits per heavy atom. The van der Waals surface area contributed by atoms with Crippen LogP contribution in [0.2, 0.25) is 5.15 Å². The second-order valence-corrected chi connectivity index (χ2v) is 9.37. The average Bonchev–Trinajstić information content (AvgIpc) is 3.41. The van der Waals surface area contributed by atoms with Crippen molar-refractivity contribution in [2.45, 2.75) is 18.6 Å². The van der Waals surface area contributed by atoms with E-state index in [-0.39, 0.29) is 40.6 Å². The summed E-state index contributed by atoms with van der Waals surface area (Å²) in [6.07, 6.45) is -0.854. The zero-order chi connectivity index (χ0) is 29.7. The zero-order valence-electron chi connectivity index (χ0n) is 21.6. The monoisotopic (exact) mass is 581 g/mol. The molecule has 0 radical (unpaired) electrons. The molecule has 13 nitrogen and oxygen atoms in total. The molecule has 2 unspecified atom stereocenters. The largest absolute Gasteiger partial charge is 0.497 e. The summed E-state index contributed by atoms with van der Waals surface area (Å²) in [4.78, 5) is 69.4. The Balaban J connectivity index is 1.70. The Morgan fingerprint density at radius 3 is 2.37 bits per heavy atom. The van der Waals surface area contributed by atoms with Gasteiger partial charge in [-0.3, -0.25) is 29.3 Å². The maximum Gasteiger partial charge on any atom is 0.305 e. The molecule has 0 bridgehead atoms. The van der Waals surface area contributed by atoms with E-state index >= 15 is 0 Å². The number of carbonyl (C=O) groups is 4. The lowest BCUT2D eigenvalue weighted by atomic mass is 10.0. The molecule has 1 aliphatic heterocycles. The summed E-state index contributed by atoms with van der Waals surface area (Å²) in [6.45, 7) is -0.0308. The third kappa shape index (κ3) is 6.58. The van der Waals surface area contributed by atoms with E-state index in [4.69, 9.17) is 16.3 Å². The van der Waals surface area contributed by atoms with E-state index in [0.29, 0.717) is 5.75 Å². The highest BCUT2D eigenvalue weighted by molar-refractivity contribution is 6.29. The van der Waals surface area contributed by atoms with E-state index < -0.39 is 47.2 Å². The number of aromatic nitrogens is 1. The lowest BCUT2D eigenvalue weighted by molar-refractivity contribution is -0.384. The first-order valence-corrected chi connectivity index (χ1v) is 12.6. The number of ether oxygens (including phenoxy) is 1. The molecule has 2 aromatic carbocycles. The molecule has 4 rings (SSSR count). The van der Waals surface area contributed by atoms with E-state index in [0.717, 1.165) is 6.07 Å². The van der Waals surface area contributed by atoms with Gasteiger partial charge in [0.15, 0.2) is 6.17 Å². The maximum atomic E-state index is 13.8. The highest BCUT2D eigenvalue weighted by Crippen LogP contribution is 2.26. The van der Waals surface area contributed by atoms with Gasteiger partial charge in [0.25, 0.3) is 23.4 Å². The molecule has 2 N–H and O–H groups in total. The molecule has 1 fully saturated rings. The number of carboxylic acids is 1. The van der Waals surface area contributed by atoms with Crippen molar-refractivity contribution in [3.63, 3.8) is 0 Å². The van der Waals surface area contributed by atoms with Crippen LogP contribution in [0.1, 0.15) is 38.7 Å². The molecule has 1 aromatic heterocycles. The average molecular weight is 582 g/mol. The summed E-state index contributed by atoms with van der Waals surface area (Å²) in [5.74, 6) is -2.91. The lowest BCUT2D eigenvalue weighted by Gasteiger charge is -2.31. The fourth-order valence-electron chi connectivity index (χ4n) is 4.45. The number of carboxylic acid groups (broad SMARTS) is 1. The Labute approximate surface area is 238 Å². The first kappa shape index (κ1) is 29.0. The van der Waals surface area contributed by atoms with Gasteiger partial charge in [0.2, 0.25) is 0 Å². The van der Waals surface area contributed by atoms with Crippen molar-refractivity contribution in [2.24, 2.45) is 0 Å². The number of aliphatic carboxylic acids is 1. The van der Waals surface area contributed by atoms with Crippen molar-refractivity contribution in [3.05, 3.63) is 98.8 Å². The van der Waals surface area contributed by atoms with Crippen LogP contribution in [0.3, 0.4) is 0 Å². The lowest BCUT2D eigenvalue weighted by Crippen LogP contribution is -2.54. The van der Waals surface area contributed by atoms with Crippen molar-refractivity contribution in [2.75, 3.05) is 20.2 Å². The van der Waals surface area contributed by atoms with Gasteiger partial charge in [0.1, 0.15) is 10.9 Å². The highest BCUT2D eigenvalue weighted by Gasteiger charge is 2.44. The summed E-state index contributed by atoms with van der Waals surface area (Å²) in [5.41, 5.74) is 0.183. The number of hydrogen-bond donors (Lipinski definition) is 2. The standard InChI is InChI=1S/C27H24ClN5O8/c1-41-20-7-3-5-17(13-20)26(37)31-10-11-32(27(38)18-8-9-22(28)29-15-18)25(31)24(36)30-21(14-23(34)35)16-4-2-6-19(12-16)33(39)40/h2-9,12-13,15,21,25H,10-11,14H2,1H3,(H,30,36)(H,34,35). The predicted molar refractivity (Wildman–Crippen MR) is 144 cm³/mol. The quantitative estimate of drug-likeness (QED) is 0.219. The fraction of sp³-hybridized carbons (Fsp3) is 0.222. The van der Waals surface area contributed by atoms with E-state index in [1.165, 1.54) is 65.6 Å². The third-order valence-corrected chi connectivity index (χ3v) is 6.62. The van der Waals surface area contributed by atoms with Crippen molar-refractivity contribution < 1.29 is 33.9 Å². The van der Waals surface area contributed by atoms with Crippen molar-refractivity contribution >= 4 is 41.0 Å². The minimum atomic E-state index is -1.48. The number of amides is 3. The minimum absolute atomic E-state index is 0.0126. The SMILES string of the molecule is COc1cccc(C(=O)N2CCN(C(=O)c3ccc(Cl)nc3)C2C(=O)NC(CC(=O)O)c2cccc([N+](=O)[O-])c2)c1. The van der Waals surface area contributed by atoms with Crippen LogP contribution in [0, 0.1) is 10.1 Å². The number of hydrogen-bond acceptors (Lipinski definition) is 8. The zero-order valence-corrected chi connectivity index (χ0v) is 22.4. The number of halogens is 1. The van der Waals surface area contributed by atoms with Gasteiger partial charge < -0.3 is 25.0 Å². The molecule has 0 spiro atoms. The van der Waals surface area contributed by atoms with Crippen molar-refractivity contribution in [1.82, 2.24) is 20.1 Å². The van der Waals surface area contributed by atoms with Crippen molar-refractivity contribution in [3.8, 4) is 5.75 Å². The third-order valence-electron chi connectivity index (χ3n) is 6.40. The van der Waals surface area contributed by atoms with Gasteiger partial charge in [-0.05, 0) is 35.9 Å². The minimum Gasteiger partial charge on any atom is -0.497 e. The van der Waals surface area contributed by atoms with Crippen LogP contribution < -0.4 is 10.1 Å². The highest BCUT2D eigenvalue weighted by atomic mass is 35.5. The molecular weight excluding hydrogens is 558 g/mol. The van der Waals surface area contributed by atoms with Gasteiger partial charge in [0.05, 0.1) is 30.1 Å². The molecule has 3 aromatic rings. The number of rotatable bonds is 9. The number of benzene rings is 2. The first-order chi connectivity index (χ1) is 19.6. The number of nitrogens with zero attached hydrogens (tertiary/aromatic N) is 4. The molecule has 1 saturated heterocycles. The predicted octanol–water partition coefficient (Wildman–Crippen LogP) is 2.91. The summed E-state index contributed by atoms with van der Waals surface area (Å²) in [7, 11) is 1.44. The van der Waals surface area contributed by atoms with Gasteiger partial charge >= 0.3 is 5.97 Å². The van der Waals surface area contributed by atoms with Gasteiger partial charge in [-0.2, -0.15) is 0 Å². The fourth-order valence-corrected chi connectivity index (χ4v) is 4.57. The van der Waals surface area contributed by atoms with Crippen molar-refractivity contribution in [1.29, 1.82) is 0 Å². The molecular formula is C27H24ClN5O8. The smallest absolute Gasteiger partial charge is 0.305 e. The van der Waals surface area contributed by atoms with Crippen LogP contribution in [0.25, 0.3) is 0 Å².